The summed E-state index contributed by atoms with van der Waals surface area (Å²) in [5, 5.41) is 23.2. The molecule has 1 aromatic carbocycles. The number of nitro groups is 1. The monoisotopic (exact) mass is 266 g/mol. The number of hydrogen-bond acceptors (Lipinski definition) is 5. The lowest BCUT2D eigenvalue weighted by Crippen LogP contribution is -2.24. The van der Waals surface area contributed by atoms with Crippen LogP contribution in [-0.4, -0.2) is 28.2 Å². The van der Waals surface area contributed by atoms with Crippen molar-refractivity contribution < 1.29 is 19.6 Å². The Bertz CT molecular complexity index is 555. The van der Waals surface area contributed by atoms with Gasteiger partial charge in [-0.3, -0.25) is 10.1 Å². The van der Waals surface area contributed by atoms with E-state index in [4.69, 9.17) is 10.8 Å². The SMILES string of the molecule is NC(=O)NN=CCc1cccc(C(=O)O)c1[N+](=O)[O-]. The third-order valence-corrected chi connectivity index (χ3v) is 2.11. The highest BCUT2D eigenvalue weighted by Crippen LogP contribution is 2.23. The number of urea groups is 1. The number of hydrazone groups is 1. The maximum absolute atomic E-state index is 10.9. The molecule has 0 bridgehead atoms. The van der Waals surface area contributed by atoms with Crippen molar-refractivity contribution in [3.05, 3.63) is 39.4 Å². The molecule has 0 unspecified atom stereocenters. The first-order chi connectivity index (χ1) is 8.93. The molecule has 0 aliphatic rings. The van der Waals surface area contributed by atoms with Crippen molar-refractivity contribution in [3.63, 3.8) is 0 Å². The summed E-state index contributed by atoms with van der Waals surface area (Å²) in [6, 6.07) is 3.06. The molecule has 1 aromatic rings. The van der Waals surface area contributed by atoms with E-state index >= 15 is 0 Å². The van der Waals surface area contributed by atoms with Crippen molar-refractivity contribution >= 4 is 23.9 Å². The highest BCUT2D eigenvalue weighted by Gasteiger charge is 2.23. The molecule has 0 aliphatic carbocycles. The molecule has 0 atom stereocenters. The molecule has 4 N–H and O–H groups in total. The summed E-state index contributed by atoms with van der Waals surface area (Å²) in [5.74, 6) is -1.39. The standard InChI is InChI=1S/C10H10N4O5/c11-10(17)13-12-5-4-6-2-1-3-7(9(15)16)8(6)14(18)19/h1-3,5H,4H2,(H,15,16)(H3,11,13,17). The van der Waals surface area contributed by atoms with E-state index in [0.717, 1.165) is 6.07 Å². The number of nitrogens with two attached hydrogens (primary N) is 1. The van der Waals surface area contributed by atoms with Crippen molar-refractivity contribution in [1.82, 2.24) is 5.43 Å². The minimum atomic E-state index is -1.39. The van der Waals surface area contributed by atoms with Gasteiger partial charge in [-0.1, -0.05) is 12.1 Å². The second kappa shape index (κ2) is 6.10. The van der Waals surface area contributed by atoms with Gasteiger partial charge in [-0.15, -0.1) is 0 Å². The fourth-order valence-electron chi connectivity index (χ4n) is 1.40. The Balaban J connectivity index is 3.04. The summed E-state index contributed by atoms with van der Waals surface area (Å²) in [6.07, 6.45) is 1.16. The van der Waals surface area contributed by atoms with Crippen LogP contribution in [0.5, 0.6) is 0 Å². The number of carbonyl (C=O) groups is 2. The minimum Gasteiger partial charge on any atom is -0.477 e. The number of carbonyl (C=O) groups excluding carboxylic acids is 1. The summed E-state index contributed by atoms with van der Waals surface area (Å²) in [4.78, 5) is 31.4. The molecule has 2 amide bonds. The number of nitro benzene ring substituents is 1. The molecule has 9 nitrogen and oxygen atoms in total. The molecule has 1 rings (SSSR count). The Morgan fingerprint density at radius 1 is 1.53 bits per heavy atom. The number of nitrogens with one attached hydrogen (secondary N) is 1. The van der Waals surface area contributed by atoms with Gasteiger partial charge in [-0.2, -0.15) is 5.10 Å². The van der Waals surface area contributed by atoms with Crippen LogP contribution in [0.25, 0.3) is 0 Å². The molecule has 19 heavy (non-hydrogen) atoms. The van der Waals surface area contributed by atoms with Crippen LogP contribution >= 0.6 is 0 Å². The molecule has 0 saturated carbocycles. The van der Waals surface area contributed by atoms with Crippen molar-refractivity contribution in [2.24, 2.45) is 10.8 Å². The summed E-state index contributed by atoms with van der Waals surface area (Å²) >= 11 is 0. The van der Waals surface area contributed by atoms with Crippen molar-refractivity contribution in [2.45, 2.75) is 6.42 Å². The molecule has 0 spiro atoms. The number of rotatable bonds is 5. The highest BCUT2D eigenvalue weighted by atomic mass is 16.6. The van der Waals surface area contributed by atoms with Gasteiger partial charge in [0.05, 0.1) is 4.92 Å². The predicted molar refractivity (Wildman–Crippen MR) is 65.0 cm³/mol. The number of primary amides is 1. The number of carboxylic acid groups (broad SMARTS) is 1. The minimum absolute atomic E-state index is 0.0162. The van der Waals surface area contributed by atoms with Gasteiger partial charge in [-0.05, 0) is 6.07 Å². The van der Waals surface area contributed by atoms with E-state index in [1.54, 1.807) is 0 Å². The summed E-state index contributed by atoms with van der Waals surface area (Å²) in [6.45, 7) is 0. The largest absolute Gasteiger partial charge is 0.477 e. The Hall–Kier alpha value is -2.97. The maximum Gasteiger partial charge on any atom is 0.342 e. The van der Waals surface area contributed by atoms with Gasteiger partial charge in [0.2, 0.25) is 0 Å². The van der Waals surface area contributed by atoms with Crippen LogP contribution in [0.3, 0.4) is 0 Å². The number of hydrogen-bond donors (Lipinski definition) is 3. The smallest absolute Gasteiger partial charge is 0.342 e. The zero-order chi connectivity index (χ0) is 14.4. The summed E-state index contributed by atoms with van der Waals surface area (Å²) < 4.78 is 0. The lowest BCUT2D eigenvalue weighted by Gasteiger charge is -2.02. The molecule has 0 saturated heterocycles. The molecule has 0 heterocycles. The molecular formula is C10H10N4O5. The third-order valence-electron chi connectivity index (χ3n) is 2.11. The predicted octanol–water partition coefficient (Wildman–Crippen LogP) is 0.490. The van der Waals surface area contributed by atoms with Gasteiger partial charge >= 0.3 is 12.0 Å². The van der Waals surface area contributed by atoms with E-state index in [9.17, 15) is 19.7 Å². The molecule has 0 radical (unpaired) electrons. The number of nitrogens with zero attached hydrogens (tertiary/aromatic N) is 2. The molecule has 0 fully saturated rings. The molecule has 100 valence electrons. The first-order valence-corrected chi connectivity index (χ1v) is 5.00. The summed E-state index contributed by atoms with van der Waals surface area (Å²) in [7, 11) is 0. The normalized spacial score (nSPS) is 10.3. The Labute approximate surface area is 106 Å². The van der Waals surface area contributed by atoms with Gasteiger partial charge in [-0.25, -0.2) is 15.0 Å². The van der Waals surface area contributed by atoms with Gasteiger partial charge < -0.3 is 10.8 Å². The van der Waals surface area contributed by atoms with Gasteiger partial charge in [0.25, 0.3) is 5.69 Å². The number of para-hydroxylation sites is 1. The third kappa shape index (κ3) is 3.77. The van der Waals surface area contributed by atoms with Crippen molar-refractivity contribution in [1.29, 1.82) is 0 Å². The van der Waals surface area contributed by atoms with Gasteiger partial charge in [0, 0.05) is 18.2 Å². The van der Waals surface area contributed by atoms with E-state index in [1.165, 1.54) is 18.3 Å². The van der Waals surface area contributed by atoms with E-state index in [0.29, 0.717) is 0 Å². The van der Waals surface area contributed by atoms with Crippen LogP contribution in [0.2, 0.25) is 0 Å². The van der Waals surface area contributed by atoms with E-state index in [1.807, 2.05) is 5.43 Å². The fraction of sp³-hybridized carbons (Fsp3) is 0.100. The fourth-order valence-corrected chi connectivity index (χ4v) is 1.40. The molecule has 9 heteroatoms. The van der Waals surface area contributed by atoms with E-state index in [2.05, 4.69) is 5.10 Å². The van der Waals surface area contributed by atoms with E-state index in [-0.39, 0.29) is 12.0 Å². The molecule has 0 aromatic heterocycles. The second-order valence-electron chi connectivity index (χ2n) is 3.37. The van der Waals surface area contributed by atoms with Gasteiger partial charge in [0.15, 0.2) is 0 Å². The average Bonchev–Trinajstić information content (AvgIpc) is 2.33. The maximum atomic E-state index is 10.9. The number of benzene rings is 1. The molecule has 0 aliphatic heterocycles. The average molecular weight is 266 g/mol. The first-order valence-electron chi connectivity index (χ1n) is 5.00. The highest BCUT2D eigenvalue weighted by molar-refractivity contribution is 5.93. The lowest BCUT2D eigenvalue weighted by atomic mass is 10.1. The Morgan fingerprint density at radius 2 is 2.21 bits per heavy atom. The number of amides is 2. The van der Waals surface area contributed by atoms with Crippen LogP contribution < -0.4 is 11.2 Å². The van der Waals surface area contributed by atoms with Crippen LogP contribution in [0.15, 0.2) is 23.3 Å². The second-order valence-corrected chi connectivity index (χ2v) is 3.37. The van der Waals surface area contributed by atoms with Crippen LogP contribution in [0.4, 0.5) is 10.5 Å². The van der Waals surface area contributed by atoms with Crippen molar-refractivity contribution in [3.8, 4) is 0 Å². The first kappa shape index (κ1) is 14.1. The number of aromatic carboxylic acids is 1. The van der Waals surface area contributed by atoms with Gasteiger partial charge in [0.1, 0.15) is 5.56 Å². The van der Waals surface area contributed by atoms with Crippen LogP contribution in [0.1, 0.15) is 15.9 Å². The topological polar surface area (TPSA) is 148 Å². The number of carboxylic acids is 1. The van der Waals surface area contributed by atoms with E-state index < -0.39 is 28.2 Å². The Morgan fingerprint density at radius 3 is 2.74 bits per heavy atom. The quantitative estimate of drug-likeness (QED) is 0.403. The van der Waals surface area contributed by atoms with Crippen LogP contribution in [0, 0.1) is 10.1 Å². The zero-order valence-corrected chi connectivity index (χ0v) is 9.57. The zero-order valence-electron chi connectivity index (χ0n) is 9.57. The lowest BCUT2D eigenvalue weighted by molar-refractivity contribution is -0.385. The van der Waals surface area contributed by atoms with Crippen LogP contribution in [-0.2, 0) is 6.42 Å². The van der Waals surface area contributed by atoms with Crippen molar-refractivity contribution in [2.75, 3.05) is 0 Å². The Kier molecular flexibility index (Phi) is 4.52. The molecular weight excluding hydrogens is 256 g/mol. The summed E-state index contributed by atoms with van der Waals surface area (Å²) in [5.41, 5.74) is 5.95.